The Labute approximate surface area is 129 Å². The molecule has 5 nitrogen and oxygen atoms in total. The van der Waals surface area contributed by atoms with Crippen LogP contribution < -0.4 is 9.06 Å². The third kappa shape index (κ3) is 3.14. The van der Waals surface area contributed by atoms with E-state index >= 15 is 0 Å². The van der Waals surface area contributed by atoms with Crippen LogP contribution in [-0.2, 0) is 0 Å². The van der Waals surface area contributed by atoms with Gasteiger partial charge in [0.05, 0.1) is 0 Å². The summed E-state index contributed by atoms with van der Waals surface area (Å²) in [6.45, 7) is 0. The predicted octanol–water partition coefficient (Wildman–Crippen LogP) is 0.995. The van der Waals surface area contributed by atoms with Crippen LogP contribution in [0.4, 0.5) is 0 Å². The van der Waals surface area contributed by atoms with Gasteiger partial charge in [0, 0.05) is 12.1 Å². The van der Waals surface area contributed by atoms with Gasteiger partial charge in [0.2, 0.25) is 11.0 Å². The van der Waals surface area contributed by atoms with Crippen LogP contribution >= 0.6 is 22.7 Å². The fourth-order valence-electron chi connectivity index (χ4n) is 2.08. The summed E-state index contributed by atoms with van der Waals surface area (Å²) < 4.78 is 36.7. The zero-order valence-corrected chi connectivity index (χ0v) is 12.9. The standard InChI is InChI=1S/C13H8NS2.ClH3O4/c1-3-7-11-9(5-1)14-10-6-2-4-8-12(10)16-13(14)15-11;2-1(3,4)5/h1-8H;2-4H/q+1;. The maximum Gasteiger partial charge on any atom is 0.327 e. The first-order chi connectivity index (χ1) is 9.93. The molecular weight excluding hydrogens is 334 g/mol. The minimum Gasteiger partial charge on any atom is -0.133 e. The number of hydrogen-bond donors (Lipinski definition) is 3. The van der Waals surface area contributed by atoms with E-state index in [0.717, 1.165) is 0 Å². The normalized spacial score (nSPS) is 12.6. The van der Waals surface area contributed by atoms with E-state index in [1.165, 1.54) is 24.6 Å². The molecule has 4 rings (SSSR count). The maximum atomic E-state index is 8.83. The number of thiazole rings is 2. The number of nitrogens with zero attached hydrogens (tertiary/aromatic N) is 1. The van der Waals surface area contributed by atoms with Gasteiger partial charge >= 0.3 is 33.0 Å². The molecule has 0 aliphatic carbocycles. The van der Waals surface area contributed by atoms with E-state index in [0.29, 0.717) is 0 Å². The molecule has 8 heteroatoms. The topological polar surface area (TPSA) is 87.8 Å². The van der Waals surface area contributed by atoms with Crippen molar-refractivity contribution in [1.82, 2.24) is 0 Å². The molecule has 0 radical (unpaired) electrons. The summed E-state index contributed by atoms with van der Waals surface area (Å²) in [5.41, 5.74) is 2.64. The zero-order chi connectivity index (χ0) is 15.0. The molecule has 0 aliphatic heterocycles. The van der Waals surface area contributed by atoms with E-state index in [1.54, 1.807) is 0 Å². The first-order valence-electron chi connectivity index (χ1n) is 5.80. The molecular formula is C13H11ClNO4S2+. The zero-order valence-electron chi connectivity index (χ0n) is 10.5. The van der Waals surface area contributed by atoms with Crippen LogP contribution in [0, 0.1) is 10.2 Å². The molecule has 0 atom stereocenters. The van der Waals surface area contributed by atoms with Crippen molar-refractivity contribution in [3.63, 3.8) is 0 Å². The van der Waals surface area contributed by atoms with Gasteiger partial charge in [0.1, 0.15) is 9.40 Å². The van der Waals surface area contributed by atoms with Gasteiger partial charge in [-0.05, 0) is 12.1 Å². The molecule has 21 heavy (non-hydrogen) atoms. The third-order valence-corrected chi connectivity index (χ3v) is 5.13. The van der Waals surface area contributed by atoms with Crippen molar-refractivity contribution in [1.29, 1.82) is 0 Å². The molecule has 0 saturated carbocycles. The molecule has 0 spiro atoms. The summed E-state index contributed by atoms with van der Waals surface area (Å²) in [6.07, 6.45) is 0. The van der Waals surface area contributed by atoms with Crippen molar-refractivity contribution in [3.05, 3.63) is 48.5 Å². The van der Waals surface area contributed by atoms with E-state index in [-0.39, 0.29) is 0 Å². The first-order valence-corrected chi connectivity index (χ1v) is 8.76. The third-order valence-electron chi connectivity index (χ3n) is 2.79. The van der Waals surface area contributed by atoms with Crippen molar-refractivity contribution in [2.24, 2.45) is 0 Å². The molecule has 2 heterocycles. The molecule has 0 fully saturated rings. The van der Waals surface area contributed by atoms with Crippen molar-refractivity contribution in [2.75, 3.05) is 0 Å². The van der Waals surface area contributed by atoms with Gasteiger partial charge < -0.3 is 0 Å². The van der Waals surface area contributed by atoms with Crippen LogP contribution in [-0.4, -0.2) is 14.0 Å². The van der Waals surface area contributed by atoms with Gasteiger partial charge in [0.15, 0.2) is 0 Å². The average Bonchev–Trinajstić information content (AvgIpc) is 2.91. The summed E-state index contributed by atoms with van der Waals surface area (Å²) in [7, 11) is -4.19. The van der Waals surface area contributed by atoms with Crippen molar-refractivity contribution in [2.45, 2.75) is 0 Å². The van der Waals surface area contributed by atoms with Crippen LogP contribution in [0.5, 0.6) is 0 Å². The van der Waals surface area contributed by atoms with Gasteiger partial charge in [-0.2, -0.15) is 0 Å². The second kappa shape index (κ2) is 5.47. The number of halogens is 1. The Hall–Kier alpha value is -1.32. The van der Waals surface area contributed by atoms with Gasteiger partial charge in [0.25, 0.3) is 0 Å². The number of fused-ring (bicyclic) bond motifs is 5. The minimum atomic E-state index is -4.19. The molecule has 0 aliphatic rings. The predicted molar refractivity (Wildman–Crippen MR) is 77.0 cm³/mol. The number of aromatic nitrogens is 1. The largest absolute Gasteiger partial charge is 0.327 e. The molecule has 2 aromatic carbocycles. The molecule has 4 aromatic rings. The molecule has 0 saturated heterocycles. The van der Waals surface area contributed by atoms with Gasteiger partial charge in [-0.1, -0.05) is 46.9 Å². The number of hydrogen-bond acceptors (Lipinski definition) is 6. The van der Waals surface area contributed by atoms with Crippen molar-refractivity contribution in [3.8, 4) is 0 Å². The number of benzene rings is 2. The van der Waals surface area contributed by atoms with E-state index in [9.17, 15) is 0 Å². The summed E-state index contributed by atoms with van der Waals surface area (Å²) in [5, 5.41) is 0. The summed E-state index contributed by atoms with van der Waals surface area (Å²) >= 11 is 3.74. The molecule has 0 bridgehead atoms. The molecule has 3 N–H and O–H groups in total. The van der Waals surface area contributed by atoms with Crippen LogP contribution in [0.2, 0.25) is 0 Å². The Kier molecular flexibility index (Phi) is 3.80. The van der Waals surface area contributed by atoms with Gasteiger partial charge in [-0.25, -0.2) is 0 Å². The molecule has 110 valence electrons. The second-order valence-electron chi connectivity index (χ2n) is 4.17. The van der Waals surface area contributed by atoms with Crippen molar-refractivity contribution < 1.29 is 33.3 Å². The SMILES string of the molecule is [O-][Cl+](O)(O)O.c1ccc2c(c1)sc1sc3ccccc3[n+]12. The summed E-state index contributed by atoms with van der Waals surface area (Å²) in [4.78, 5) is 0. The fourth-order valence-corrected chi connectivity index (χ4v) is 4.56. The maximum absolute atomic E-state index is 8.83. The van der Waals surface area contributed by atoms with Gasteiger partial charge in [-0.3, -0.25) is 0 Å². The number of para-hydroxylation sites is 2. The molecule has 0 amide bonds. The van der Waals surface area contributed by atoms with E-state index in [4.69, 9.17) is 18.6 Å². The Balaban J connectivity index is 0.000000233. The van der Waals surface area contributed by atoms with E-state index in [1.807, 2.05) is 22.7 Å². The molecule has 0 unspecified atom stereocenters. The van der Waals surface area contributed by atoms with Crippen LogP contribution in [0.1, 0.15) is 0 Å². The van der Waals surface area contributed by atoms with Crippen LogP contribution in [0.15, 0.2) is 48.5 Å². The first kappa shape index (κ1) is 14.6. The second-order valence-corrected chi connectivity index (χ2v) is 7.36. The smallest absolute Gasteiger partial charge is 0.133 e. The van der Waals surface area contributed by atoms with E-state index < -0.39 is 10.2 Å². The number of rotatable bonds is 0. The van der Waals surface area contributed by atoms with Crippen LogP contribution in [0.25, 0.3) is 24.6 Å². The fraction of sp³-hybridized carbons (Fsp3) is 0. The average molecular weight is 345 g/mol. The minimum absolute atomic E-state index is 1.32. The molecule has 2 aromatic heterocycles. The summed E-state index contributed by atoms with van der Waals surface area (Å²) in [5.74, 6) is 0. The quantitative estimate of drug-likeness (QED) is 0.415. The summed E-state index contributed by atoms with van der Waals surface area (Å²) in [6, 6.07) is 17.2. The van der Waals surface area contributed by atoms with E-state index in [2.05, 4.69) is 52.9 Å². The Bertz CT molecular complexity index is 841. The van der Waals surface area contributed by atoms with Crippen LogP contribution in [0.3, 0.4) is 0 Å². The Morgan fingerprint density at radius 2 is 1.19 bits per heavy atom. The Morgan fingerprint density at radius 3 is 1.62 bits per heavy atom. The Morgan fingerprint density at radius 1 is 0.810 bits per heavy atom. The van der Waals surface area contributed by atoms with Gasteiger partial charge in [-0.15, -0.1) is 4.40 Å². The van der Waals surface area contributed by atoms with Crippen molar-refractivity contribution >= 4 is 47.3 Å². The monoisotopic (exact) mass is 344 g/mol.